The minimum Gasteiger partial charge on any atom is -0.494 e. The van der Waals surface area contributed by atoms with Gasteiger partial charge < -0.3 is 10.5 Å². The van der Waals surface area contributed by atoms with Crippen molar-refractivity contribution in [1.29, 1.82) is 0 Å². The molecule has 1 aromatic heterocycles. The van der Waals surface area contributed by atoms with E-state index in [2.05, 4.69) is 5.10 Å². The first-order valence-electron chi connectivity index (χ1n) is 5.32. The van der Waals surface area contributed by atoms with Crippen LogP contribution in [0.25, 0.3) is 5.69 Å². The summed E-state index contributed by atoms with van der Waals surface area (Å²) in [5.41, 5.74) is 7.42. The van der Waals surface area contributed by atoms with Crippen molar-refractivity contribution >= 4 is 11.6 Å². The average Bonchev–Trinajstić information content (AvgIpc) is 2.78. The van der Waals surface area contributed by atoms with E-state index in [9.17, 15) is 0 Å². The Balaban J connectivity index is 2.40. The van der Waals surface area contributed by atoms with Crippen LogP contribution in [0.5, 0.6) is 5.75 Å². The molecule has 0 saturated heterocycles. The molecule has 0 unspecified atom stereocenters. The first-order valence-corrected chi connectivity index (χ1v) is 5.70. The number of halogens is 1. The van der Waals surface area contributed by atoms with E-state index < -0.39 is 0 Å². The molecule has 0 bridgehead atoms. The highest BCUT2D eigenvalue weighted by Crippen LogP contribution is 2.25. The van der Waals surface area contributed by atoms with Gasteiger partial charge in [0.25, 0.3) is 0 Å². The summed E-state index contributed by atoms with van der Waals surface area (Å²) < 4.78 is 7.03. The molecule has 2 rings (SSSR count). The highest BCUT2D eigenvalue weighted by Gasteiger charge is 2.07. The van der Waals surface area contributed by atoms with Crippen LogP contribution in [0.3, 0.4) is 0 Å². The van der Waals surface area contributed by atoms with E-state index in [0.717, 1.165) is 23.4 Å². The minimum absolute atomic E-state index is 0.609. The van der Waals surface area contributed by atoms with Crippen LogP contribution in [-0.2, 0) is 6.42 Å². The Bertz CT molecular complexity index is 510. The maximum absolute atomic E-state index is 5.97. The third-order valence-corrected chi connectivity index (χ3v) is 2.69. The van der Waals surface area contributed by atoms with Crippen molar-refractivity contribution in [2.75, 3.05) is 13.7 Å². The lowest BCUT2D eigenvalue weighted by molar-refractivity contribution is 0.411. The highest BCUT2D eigenvalue weighted by atomic mass is 35.5. The second kappa shape index (κ2) is 5.21. The number of ether oxygens (including phenoxy) is 1. The molecule has 0 amide bonds. The van der Waals surface area contributed by atoms with E-state index in [1.807, 2.05) is 18.3 Å². The monoisotopic (exact) mass is 251 g/mol. The number of benzene rings is 1. The van der Waals surface area contributed by atoms with Gasteiger partial charge in [-0.2, -0.15) is 5.10 Å². The lowest BCUT2D eigenvalue weighted by Crippen LogP contribution is -2.02. The third-order valence-electron chi connectivity index (χ3n) is 2.46. The number of nitrogens with two attached hydrogens (primary N) is 1. The Morgan fingerprint density at radius 3 is 3.00 bits per heavy atom. The lowest BCUT2D eigenvalue weighted by Gasteiger charge is -2.08. The average molecular weight is 252 g/mol. The zero-order valence-corrected chi connectivity index (χ0v) is 10.3. The molecule has 0 aliphatic heterocycles. The van der Waals surface area contributed by atoms with E-state index in [-0.39, 0.29) is 0 Å². The molecule has 0 aliphatic carbocycles. The number of hydrogen-bond acceptors (Lipinski definition) is 3. The molecule has 2 aromatic rings. The summed E-state index contributed by atoms with van der Waals surface area (Å²) in [7, 11) is 1.62. The molecule has 0 atom stereocenters. The fourth-order valence-corrected chi connectivity index (χ4v) is 1.80. The van der Waals surface area contributed by atoms with Crippen LogP contribution in [0, 0.1) is 0 Å². The van der Waals surface area contributed by atoms with Gasteiger partial charge in [0.2, 0.25) is 0 Å². The van der Waals surface area contributed by atoms with Gasteiger partial charge in [0.15, 0.2) is 0 Å². The van der Waals surface area contributed by atoms with Crippen molar-refractivity contribution in [2.24, 2.45) is 5.73 Å². The van der Waals surface area contributed by atoms with Gasteiger partial charge in [0.05, 0.1) is 13.3 Å². The van der Waals surface area contributed by atoms with E-state index in [1.165, 1.54) is 0 Å². The summed E-state index contributed by atoms with van der Waals surface area (Å²) >= 11 is 5.97. The molecule has 90 valence electrons. The SMILES string of the molecule is COc1ccc(Cl)cc1-n1cc(CCN)cn1. The predicted molar refractivity (Wildman–Crippen MR) is 67.9 cm³/mol. The smallest absolute Gasteiger partial charge is 0.144 e. The third kappa shape index (κ3) is 2.60. The summed E-state index contributed by atoms with van der Waals surface area (Å²) in [5, 5.41) is 4.93. The molecular weight excluding hydrogens is 238 g/mol. The number of hydrogen-bond donors (Lipinski definition) is 1. The summed E-state index contributed by atoms with van der Waals surface area (Å²) in [6.45, 7) is 0.609. The summed E-state index contributed by atoms with van der Waals surface area (Å²) in [4.78, 5) is 0. The van der Waals surface area contributed by atoms with Crippen molar-refractivity contribution in [1.82, 2.24) is 9.78 Å². The summed E-state index contributed by atoms with van der Waals surface area (Å²) in [6.07, 6.45) is 4.54. The molecule has 0 radical (unpaired) electrons. The van der Waals surface area contributed by atoms with Crippen molar-refractivity contribution in [2.45, 2.75) is 6.42 Å². The zero-order valence-electron chi connectivity index (χ0n) is 9.56. The summed E-state index contributed by atoms with van der Waals surface area (Å²) in [5.74, 6) is 0.733. The molecule has 2 N–H and O–H groups in total. The quantitative estimate of drug-likeness (QED) is 0.905. The molecule has 1 heterocycles. The van der Waals surface area contributed by atoms with E-state index in [4.69, 9.17) is 22.1 Å². The molecular formula is C12H14ClN3O. The number of nitrogens with zero attached hydrogens (tertiary/aromatic N) is 2. The second-order valence-electron chi connectivity index (χ2n) is 3.65. The van der Waals surface area contributed by atoms with Gasteiger partial charge >= 0.3 is 0 Å². The van der Waals surface area contributed by atoms with Crippen LogP contribution >= 0.6 is 11.6 Å². The van der Waals surface area contributed by atoms with Gasteiger partial charge in [-0.15, -0.1) is 0 Å². The van der Waals surface area contributed by atoms with Crippen molar-refractivity contribution in [3.63, 3.8) is 0 Å². The van der Waals surface area contributed by atoms with E-state index in [0.29, 0.717) is 11.6 Å². The number of aromatic nitrogens is 2. The van der Waals surface area contributed by atoms with Crippen LogP contribution in [0.4, 0.5) is 0 Å². The van der Waals surface area contributed by atoms with Crippen LogP contribution in [0.1, 0.15) is 5.56 Å². The molecule has 0 saturated carbocycles. The molecule has 4 nitrogen and oxygen atoms in total. The van der Waals surface area contributed by atoms with Crippen LogP contribution in [0.15, 0.2) is 30.6 Å². The number of methoxy groups -OCH3 is 1. The van der Waals surface area contributed by atoms with Crippen molar-refractivity contribution < 1.29 is 4.74 Å². The van der Waals surface area contributed by atoms with E-state index >= 15 is 0 Å². The Morgan fingerprint density at radius 2 is 2.29 bits per heavy atom. The lowest BCUT2D eigenvalue weighted by atomic mass is 10.2. The van der Waals surface area contributed by atoms with Gasteiger partial charge in [-0.1, -0.05) is 11.6 Å². The Kier molecular flexibility index (Phi) is 3.66. The van der Waals surface area contributed by atoms with Gasteiger partial charge in [-0.05, 0) is 36.7 Å². The predicted octanol–water partition coefficient (Wildman–Crippen LogP) is 2.04. The van der Waals surface area contributed by atoms with Gasteiger partial charge in [-0.3, -0.25) is 0 Å². The Morgan fingerprint density at radius 1 is 1.47 bits per heavy atom. The molecule has 17 heavy (non-hydrogen) atoms. The first-order chi connectivity index (χ1) is 8.24. The van der Waals surface area contributed by atoms with Crippen LogP contribution in [-0.4, -0.2) is 23.4 Å². The minimum atomic E-state index is 0.609. The van der Waals surface area contributed by atoms with Crippen LogP contribution < -0.4 is 10.5 Å². The molecule has 1 aromatic carbocycles. The fraction of sp³-hybridized carbons (Fsp3) is 0.250. The fourth-order valence-electron chi connectivity index (χ4n) is 1.63. The molecule has 0 aliphatic rings. The standard InChI is InChI=1S/C12H14ClN3O/c1-17-12-3-2-10(13)6-11(12)16-8-9(4-5-14)7-15-16/h2-3,6-8H,4-5,14H2,1H3. The number of rotatable bonds is 4. The second-order valence-corrected chi connectivity index (χ2v) is 4.08. The summed E-state index contributed by atoms with van der Waals surface area (Å²) in [6, 6.07) is 5.43. The highest BCUT2D eigenvalue weighted by molar-refractivity contribution is 6.30. The Hall–Kier alpha value is -1.52. The van der Waals surface area contributed by atoms with Crippen LogP contribution in [0.2, 0.25) is 5.02 Å². The molecule has 0 spiro atoms. The maximum atomic E-state index is 5.97. The Labute approximate surface area is 105 Å². The van der Waals surface area contributed by atoms with Crippen molar-refractivity contribution in [3.05, 3.63) is 41.2 Å². The normalized spacial score (nSPS) is 10.5. The molecule has 5 heteroatoms. The van der Waals surface area contributed by atoms with Crippen molar-refractivity contribution in [3.8, 4) is 11.4 Å². The zero-order chi connectivity index (χ0) is 12.3. The van der Waals surface area contributed by atoms with Gasteiger partial charge in [-0.25, -0.2) is 4.68 Å². The van der Waals surface area contributed by atoms with Gasteiger partial charge in [0, 0.05) is 11.2 Å². The topological polar surface area (TPSA) is 53.1 Å². The maximum Gasteiger partial charge on any atom is 0.144 e. The van der Waals surface area contributed by atoms with Gasteiger partial charge in [0.1, 0.15) is 11.4 Å². The molecule has 0 fully saturated rings. The first kappa shape index (κ1) is 12.0. The largest absolute Gasteiger partial charge is 0.494 e. The van der Waals surface area contributed by atoms with E-state index in [1.54, 1.807) is 24.1 Å².